The number of amides is 1. The van der Waals surface area contributed by atoms with Gasteiger partial charge >= 0.3 is 0 Å². The monoisotopic (exact) mass is 318 g/mol. The summed E-state index contributed by atoms with van der Waals surface area (Å²) in [5, 5.41) is 20.3. The van der Waals surface area contributed by atoms with Gasteiger partial charge in [-0.05, 0) is 19.1 Å². The van der Waals surface area contributed by atoms with E-state index < -0.39 is 23.7 Å². The summed E-state index contributed by atoms with van der Waals surface area (Å²) in [5.74, 6) is -3.36. The first-order valence-corrected chi connectivity index (χ1v) is 7.29. The zero-order valence-electron chi connectivity index (χ0n) is 11.6. The lowest BCUT2D eigenvalue weighted by molar-refractivity contribution is -0.301. The summed E-state index contributed by atoms with van der Waals surface area (Å²) in [6.07, 6.45) is 1.43. The Hall–Kier alpha value is -2.53. The van der Waals surface area contributed by atoms with Gasteiger partial charge in [0.05, 0.1) is 35.7 Å². The number of primary amides is 1. The first-order valence-electron chi connectivity index (χ1n) is 6.30. The van der Waals surface area contributed by atoms with Crippen LogP contribution in [0.5, 0.6) is 0 Å². The minimum atomic E-state index is -1.27. The fraction of sp³-hybridized carbons (Fsp3) is 0.286. The largest absolute Gasteiger partial charge is 0.549 e. The topological polar surface area (TPSA) is 133 Å². The lowest BCUT2D eigenvalue weighted by atomic mass is 9.80. The minimum absolute atomic E-state index is 0.163. The highest BCUT2D eigenvalue weighted by Crippen LogP contribution is 2.41. The Balaban J connectivity index is 2.52. The number of hydrogen-bond acceptors (Lipinski definition) is 7. The molecule has 114 valence electrons. The molecule has 1 aliphatic heterocycles. The first-order chi connectivity index (χ1) is 10.5. The molecule has 0 spiro atoms. The number of furan rings is 1. The van der Waals surface area contributed by atoms with Crippen molar-refractivity contribution in [3.8, 4) is 6.07 Å². The maximum absolute atomic E-state index is 11.8. The lowest BCUT2D eigenvalue weighted by Gasteiger charge is -2.27. The van der Waals surface area contributed by atoms with E-state index in [1.165, 1.54) is 6.26 Å². The van der Waals surface area contributed by atoms with Crippen molar-refractivity contribution in [2.24, 2.45) is 16.6 Å². The van der Waals surface area contributed by atoms with E-state index in [0.717, 1.165) is 11.8 Å². The Morgan fingerprint density at radius 3 is 2.82 bits per heavy atom. The smallest absolute Gasteiger partial charge is 0.227 e. The average Bonchev–Trinajstić information content (AvgIpc) is 2.97. The molecular formula is C14H12N3O4S-. The molecule has 22 heavy (non-hydrogen) atoms. The number of nitriles is 1. The summed E-state index contributed by atoms with van der Waals surface area (Å²) in [6.45, 7) is 1.61. The van der Waals surface area contributed by atoms with E-state index in [4.69, 9.17) is 10.2 Å². The van der Waals surface area contributed by atoms with Crippen LogP contribution in [0.3, 0.4) is 0 Å². The number of carbonyl (C=O) groups excluding carboxylic acids is 2. The van der Waals surface area contributed by atoms with E-state index in [-0.39, 0.29) is 16.4 Å². The Morgan fingerprint density at radius 1 is 1.59 bits per heavy atom. The van der Waals surface area contributed by atoms with Crippen molar-refractivity contribution in [1.29, 1.82) is 5.26 Å². The summed E-state index contributed by atoms with van der Waals surface area (Å²) < 4.78 is 5.32. The molecule has 2 heterocycles. The van der Waals surface area contributed by atoms with E-state index in [1.807, 2.05) is 6.07 Å². The van der Waals surface area contributed by atoms with Gasteiger partial charge in [-0.3, -0.25) is 4.79 Å². The molecule has 0 unspecified atom stereocenters. The van der Waals surface area contributed by atoms with Crippen LogP contribution in [0.25, 0.3) is 0 Å². The van der Waals surface area contributed by atoms with Gasteiger partial charge in [0.1, 0.15) is 10.8 Å². The van der Waals surface area contributed by atoms with Crippen molar-refractivity contribution in [1.82, 2.24) is 0 Å². The van der Waals surface area contributed by atoms with Crippen molar-refractivity contribution in [2.45, 2.75) is 12.8 Å². The number of nitrogens with zero attached hydrogens (tertiary/aromatic N) is 2. The Morgan fingerprint density at radius 2 is 2.32 bits per heavy atom. The fourth-order valence-electron chi connectivity index (χ4n) is 2.33. The number of carbonyl (C=O) groups is 2. The van der Waals surface area contributed by atoms with Crippen LogP contribution in [0.2, 0.25) is 0 Å². The Bertz CT molecular complexity index is 700. The first kappa shape index (κ1) is 15.9. The third-order valence-corrected chi connectivity index (χ3v) is 4.17. The van der Waals surface area contributed by atoms with Crippen molar-refractivity contribution < 1.29 is 19.1 Å². The predicted octanol–water partition coefficient (Wildman–Crippen LogP) is 0.157. The van der Waals surface area contributed by atoms with E-state index >= 15 is 0 Å². The SMILES string of the molecule is CC1=NC(SCC(=O)[O-])=C(C#N)[C@H](c2ccco2)[C@H]1C(N)=O. The number of nitrogens with two attached hydrogens (primary N) is 1. The second-order valence-corrected chi connectivity index (χ2v) is 5.58. The zero-order valence-corrected chi connectivity index (χ0v) is 12.4. The van der Waals surface area contributed by atoms with E-state index in [2.05, 4.69) is 4.99 Å². The molecular weight excluding hydrogens is 306 g/mol. The summed E-state index contributed by atoms with van der Waals surface area (Å²) >= 11 is 0.870. The molecule has 0 aliphatic carbocycles. The van der Waals surface area contributed by atoms with Gasteiger partial charge < -0.3 is 20.1 Å². The van der Waals surface area contributed by atoms with Gasteiger partial charge in [0.2, 0.25) is 5.91 Å². The molecule has 2 N–H and O–H groups in total. The third-order valence-electron chi connectivity index (χ3n) is 3.21. The molecule has 0 radical (unpaired) electrons. The van der Waals surface area contributed by atoms with E-state index in [9.17, 15) is 20.0 Å². The quantitative estimate of drug-likeness (QED) is 0.822. The molecule has 0 saturated carbocycles. The standard InChI is InChI=1S/C14H13N3O4S/c1-7-11(13(16)20)12(9-3-2-4-21-9)8(5-15)14(17-7)22-6-10(18)19/h2-4,11-12H,6H2,1H3,(H2,16,20)(H,18,19)/p-1/t11-,12+/m0/s1. The molecule has 1 aromatic rings. The van der Waals surface area contributed by atoms with Crippen LogP contribution >= 0.6 is 11.8 Å². The number of aliphatic carboxylic acids is 1. The predicted molar refractivity (Wildman–Crippen MR) is 77.3 cm³/mol. The zero-order chi connectivity index (χ0) is 16.3. The van der Waals surface area contributed by atoms with Gasteiger partial charge in [-0.2, -0.15) is 5.26 Å². The van der Waals surface area contributed by atoms with Crippen molar-refractivity contribution >= 4 is 29.4 Å². The Labute approximate surface area is 130 Å². The second-order valence-electron chi connectivity index (χ2n) is 4.62. The van der Waals surface area contributed by atoms with Crippen LogP contribution in [0.15, 0.2) is 38.4 Å². The van der Waals surface area contributed by atoms with Crippen LogP contribution in [-0.4, -0.2) is 23.3 Å². The number of aliphatic imine (C=N–C) groups is 1. The summed E-state index contributed by atoms with van der Waals surface area (Å²) in [4.78, 5) is 26.6. The van der Waals surface area contributed by atoms with Gasteiger partial charge in [-0.25, -0.2) is 4.99 Å². The molecule has 1 aliphatic rings. The van der Waals surface area contributed by atoms with Crippen LogP contribution in [0, 0.1) is 17.2 Å². The third kappa shape index (κ3) is 3.04. The molecule has 2 rings (SSSR count). The van der Waals surface area contributed by atoms with Crippen LogP contribution < -0.4 is 10.8 Å². The molecule has 7 nitrogen and oxygen atoms in total. The summed E-state index contributed by atoms with van der Waals surface area (Å²) in [7, 11) is 0. The van der Waals surface area contributed by atoms with Crippen LogP contribution in [0.1, 0.15) is 18.6 Å². The second kappa shape index (κ2) is 6.49. The average molecular weight is 318 g/mol. The number of hydrogen-bond donors (Lipinski definition) is 1. The highest BCUT2D eigenvalue weighted by Gasteiger charge is 2.39. The molecule has 8 heteroatoms. The summed E-state index contributed by atoms with van der Waals surface area (Å²) in [5.41, 5.74) is 6.01. The highest BCUT2D eigenvalue weighted by atomic mass is 32.2. The number of carboxylic acids is 1. The van der Waals surface area contributed by atoms with Crippen molar-refractivity contribution in [3.05, 3.63) is 34.8 Å². The van der Waals surface area contributed by atoms with Crippen molar-refractivity contribution in [3.63, 3.8) is 0 Å². The van der Waals surface area contributed by atoms with Crippen LogP contribution in [0.4, 0.5) is 0 Å². The maximum atomic E-state index is 11.8. The van der Waals surface area contributed by atoms with Gasteiger partial charge in [0.15, 0.2) is 0 Å². The lowest BCUT2D eigenvalue weighted by Crippen LogP contribution is -2.37. The molecule has 0 bridgehead atoms. The number of rotatable bonds is 5. The molecule has 0 fully saturated rings. The summed E-state index contributed by atoms with van der Waals surface area (Å²) in [6, 6.07) is 5.26. The normalized spacial score (nSPS) is 21.2. The highest BCUT2D eigenvalue weighted by molar-refractivity contribution is 8.03. The molecule has 1 amide bonds. The Kier molecular flexibility index (Phi) is 4.68. The van der Waals surface area contributed by atoms with Crippen molar-refractivity contribution in [2.75, 3.05) is 5.75 Å². The number of thioether (sulfide) groups is 1. The van der Waals surface area contributed by atoms with Gasteiger partial charge in [-0.15, -0.1) is 0 Å². The van der Waals surface area contributed by atoms with Gasteiger partial charge in [-0.1, -0.05) is 11.8 Å². The fourth-order valence-corrected chi connectivity index (χ4v) is 3.12. The van der Waals surface area contributed by atoms with E-state index in [0.29, 0.717) is 11.5 Å². The van der Waals surface area contributed by atoms with Gasteiger partial charge in [0.25, 0.3) is 0 Å². The molecule has 2 atom stereocenters. The molecule has 0 saturated heterocycles. The van der Waals surface area contributed by atoms with Crippen LogP contribution in [-0.2, 0) is 9.59 Å². The number of carboxylic acid groups (broad SMARTS) is 1. The molecule has 1 aromatic heterocycles. The van der Waals surface area contributed by atoms with E-state index in [1.54, 1.807) is 19.1 Å². The maximum Gasteiger partial charge on any atom is 0.227 e. The van der Waals surface area contributed by atoms with Gasteiger partial charge in [0, 0.05) is 11.5 Å². The number of allylic oxidation sites excluding steroid dienone is 1. The minimum Gasteiger partial charge on any atom is -0.549 e. The molecule has 0 aromatic carbocycles.